The lowest BCUT2D eigenvalue weighted by atomic mass is 10.2. The molecule has 2 rings (SSSR count). The molecule has 17 heavy (non-hydrogen) atoms. The van der Waals surface area contributed by atoms with Crippen LogP contribution in [0.2, 0.25) is 0 Å². The van der Waals surface area contributed by atoms with Gasteiger partial charge in [0, 0.05) is 18.8 Å². The summed E-state index contributed by atoms with van der Waals surface area (Å²) < 4.78 is 5.36. The normalized spacial score (nSPS) is 19.9. The third kappa shape index (κ3) is 3.51. The van der Waals surface area contributed by atoms with Gasteiger partial charge in [-0.3, -0.25) is 9.78 Å². The molecule has 1 aliphatic heterocycles. The summed E-state index contributed by atoms with van der Waals surface area (Å²) in [5, 5.41) is 5.95. The molecule has 1 aromatic rings. The van der Waals surface area contributed by atoms with Crippen LogP contribution in [0.25, 0.3) is 0 Å². The van der Waals surface area contributed by atoms with Gasteiger partial charge in [-0.2, -0.15) is 0 Å². The zero-order chi connectivity index (χ0) is 12.1. The molecule has 1 amide bonds. The van der Waals surface area contributed by atoms with Crippen molar-refractivity contribution in [2.75, 3.05) is 19.7 Å². The van der Waals surface area contributed by atoms with Crippen molar-refractivity contribution in [3.8, 4) is 0 Å². The van der Waals surface area contributed by atoms with Gasteiger partial charge in [0.1, 0.15) is 6.10 Å². The SMILES string of the molecule is Cc1cccc(CNC(=O)C2CNCCO2)n1. The minimum absolute atomic E-state index is 0.0829. The summed E-state index contributed by atoms with van der Waals surface area (Å²) in [4.78, 5) is 16.1. The molecule has 0 spiro atoms. The van der Waals surface area contributed by atoms with Crippen LogP contribution in [-0.2, 0) is 16.1 Å². The summed E-state index contributed by atoms with van der Waals surface area (Å²) in [5.41, 5.74) is 1.81. The van der Waals surface area contributed by atoms with Gasteiger partial charge in [0.15, 0.2) is 0 Å². The van der Waals surface area contributed by atoms with Gasteiger partial charge < -0.3 is 15.4 Å². The van der Waals surface area contributed by atoms with Crippen LogP contribution in [0, 0.1) is 6.92 Å². The van der Waals surface area contributed by atoms with E-state index in [9.17, 15) is 4.79 Å². The molecule has 0 aliphatic carbocycles. The highest BCUT2D eigenvalue weighted by atomic mass is 16.5. The van der Waals surface area contributed by atoms with Gasteiger partial charge in [-0.05, 0) is 19.1 Å². The fourth-order valence-electron chi connectivity index (χ4n) is 1.72. The first-order valence-corrected chi connectivity index (χ1v) is 5.78. The molecular weight excluding hydrogens is 218 g/mol. The predicted molar refractivity (Wildman–Crippen MR) is 63.4 cm³/mol. The Morgan fingerprint density at radius 3 is 3.24 bits per heavy atom. The molecule has 0 aromatic carbocycles. The number of ether oxygens (including phenoxy) is 1. The number of pyridine rings is 1. The van der Waals surface area contributed by atoms with E-state index in [0.717, 1.165) is 17.9 Å². The molecule has 0 radical (unpaired) electrons. The van der Waals surface area contributed by atoms with E-state index in [1.54, 1.807) is 0 Å². The van der Waals surface area contributed by atoms with Crippen molar-refractivity contribution in [2.24, 2.45) is 0 Å². The lowest BCUT2D eigenvalue weighted by molar-refractivity contribution is -0.134. The van der Waals surface area contributed by atoms with E-state index in [0.29, 0.717) is 19.7 Å². The van der Waals surface area contributed by atoms with E-state index in [-0.39, 0.29) is 12.0 Å². The first-order chi connectivity index (χ1) is 8.25. The molecule has 1 fully saturated rings. The molecule has 1 saturated heterocycles. The Bertz CT molecular complexity index is 389. The van der Waals surface area contributed by atoms with Gasteiger partial charge in [-0.1, -0.05) is 6.07 Å². The van der Waals surface area contributed by atoms with E-state index in [1.807, 2.05) is 25.1 Å². The van der Waals surface area contributed by atoms with E-state index < -0.39 is 0 Å². The molecule has 2 N–H and O–H groups in total. The highest BCUT2D eigenvalue weighted by Gasteiger charge is 2.21. The summed E-state index contributed by atoms with van der Waals surface area (Å²) in [5.74, 6) is -0.0829. The van der Waals surface area contributed by atoms with Crippen LogP contribution >= 0.6 is 0 Å². The Hall–Kier alpha value is -1.46. The second-order valence-corrected chi connectivity index (χ2v) is 4.05. The van der Waals surface area contributed by atoms with Gasteiger partial charge in [-0.25, -0.2) is 0 Å². The van der Waals surface area contributed by atoms with Crippen molar-refractivity contribution in [1.29, 1.82) is 0 Å². The molecular formula is C12H17N3O2. The Balaban J connectivity index is 1.83. The van der Waals surface area contributed by atoms with Crippen LogP contribution in [0.5, 0.6) is 0 Å². The van der Waals surface area contributed by atoms with Crippen LogP contribution in [0.3, 0.4) is 0 Å². The number of carbonyl (C=O) groups is 1. The third-order valence-electron chi connectivity index (χ3n) is 2.61. The topological polar surface area (TPSA) is 63.2 Å². The third-order valence-corrected chi connectivity index (χ3v) is 2.61. The monoisotopic (exact) mass is 235 g/mol. The Morgan fingerprint density at radius 2 is 2.53 bits per heavy atom. The summed E-state index contributed by atoms with van der Waals surface area (Å²) in [6, 6.07) is 5.76. The summed E-state index contributed by atoms with van der Waals surface area (Å²) in [7, 11) is 0. The average Bonchev–Trinajstić information content (AvgIpc) is 2.37. The van der Waals surface area contributed by atoms with Crippen molar-refractivity contribution < 1.29 is 9.53 Å². The van der Waals surface area contributed by atoms with Gasteiger partial charge in [0.2, 0.25) is 0 Å². The first kappa shape index (κ1) is 12.0. The molecule has 0 bridgehead atoms. The number of amides is 1. The van der Waals surface area contributed by atoms with E-state index in [1.165, 1.54) is 0 Å². The molecule has 1 aromatic heterocycles. The number of nitrogens with one attached hydrogen (secondary N) is 2. The van der Waals surface area contributed by atoms with Gasteiger partial charge in [0.05, 0.1) is 18.8 Å². The van der Waals surface area contributed by atoms with Crippen LogP contribution in [-0.4, -0.2) is 36.7 Å². The summed E-state index contributed by atoms with van der Waals surface area (Å²) in [6.45, 7) is 4.34. The Kier molecular flexibility index (Phi) is 4.06. The number of rotatable bonds is 3. The summed E-state index contributed by atoms with van der Waals surface area (Å²) >= 11 is 0. The zero-order valence-corrected chi connectivity index (χ0v) is 9.90. The largest absolute Gasteiger partial charge is 0.366 e. The number of hydrogen-bond acceptors (Lipinski definition) is 4. The number of hydrogen-bond donors (Lipinski definition) is 2. The fourth-order valence-corrected chi connectivity index (χ4v) is 1.72. The number of morpholine rings is 1. The van der Waals surface area contributed by atoms with Crippen molar-refractivity contribution in [2.45, 2.75) is 19.6 Å². The Labute approximate surface area is 101 Å². The fraction of sp³-hybridized carbons (Fsp3) is 0.500. The maximum Gasteiger partial charge on any atom is 0.250 e. The predicted octanol–water partition coefficient (Wildman–Crippen LogP) is -0.00538. The van der Waals surface area contributed by atoms with Crippen LogP contribution < -0.4 is 10.6 Å². The molecule has 5 nitrogen and oxygen atoms in total. The number of carbonyl (C=O) groups excluding carboxylic acids is 1. The maximum absolute atomic E-state index is 11.8. The molecule has 1 unspecified atom stereocenters. The first-order valence-electron chi connectivity index (χ1n) is 5.78. The molecule has 0 saturated carbocycles. The lowest BCUT2D eigenvalue weighted by Gasteiger charge is -2.22. The highest BCUT2D eigenvalue weighted by Crippen LogP contribution is 1.99. The van der Waals surface area contributed by atoms with E-state index in [4.69, 9.17) is 4.74 Å². The summed E-state index contributed by atoms with van der Waals surface area (Å²) in [6.07, 6.45) is -0.381. The van der Waals surface area contributed by atoms with Crippen LogP contribution in [0.4, 0.5) is 0 Å². The van der Waals surface area contributed by atoms with Gasteiger partial charge in [0.25, 0.3) is 5.91 Å². The molecule has 1 atom stereocenters. The number of nitrogens with zero attached hydrogens (tertiary/aromatic N) is 1. The molecule has 5 heteroatoms. The number of aryl methyl sites for hydroxylation is 1. The van der Waals surface area contributed by atoms with Crippen molar-refractivity contribution in [3.63, 3.8) is 0 Å². The smallest absolute Gasteiger partial charge is 0.250 e. The lowest BCUT2D eigenvalue weighted by Crippen LogP contribution is -2.47. The molecule has 2 heterocycles. The zero-order valence-electron chi connectivity index (χ0n) is 9.90. The minimum atomic E-state index is -0.381. The average molecular weight is 235 g/mol. The minimum Gasteiger partial charge on any atom is -0.366 e. The van der Waals surface area contributed by atoms with E-state index >= 15 is 0 Å². The highest BCUT2D eigenvalue weighted by molar-refractivity contribution is 5.81. The maximum atomic E-state index is 11.8. The van der Waals surface area contributed by atoms with Crippen molar-refractivity contribution >= 4 is 5.91 Å². The number of aromatic nitrogens is 1. The molecule has 92 valence electrons. The quantitative estimate of drug-likeness (QED) is 0.774. The molecule has 1 aliphatic rings. The van der Waals surface area contributed by atoms with Crippen LogP contribution in [0.1, 0.15) is 11.4 Å². The standard InChI is InChI=1S/C12H17N3O2/c1-9-3-2-4-10(15-9)7-14-12(16)11-8-13-5-6-17-11/h2-4,11,13H,5-8H2,1H3,(H,14,16). The van der Waals surface area contributed by atoms with E-state index in [2.05, 4.69) is 15.6 Å². The van der Waals surface area contributed by atoms with Gasteiger partial charge in [-0.15, -0.1) is 0 Å². The second kappa shape index (κ2) is 5.75. The van der Waals surface area contributed by atoms with Crippen LogP contribution in [0.15, 0.2) is 18.2 Å². The Morgan fingerprint density at radius 1 is 1.65 bits per heavy atom. The van der Waals surface area contributed by atoms with Gasteiger partial charge >= 0.3 is 0 Å². The second-order valence-electron chi connectivity index (χ2n) is 4.05. The van der Waals surface area contributed by atoms with Crippen molar-refractivity contribution in [3.05, 3.63) is 29.6 Å². The van der Waals surface area contributed by atoms with Crippen molar-refractivity contribution in [1.82, 2.24) is 15.6 Å².